The largest absolute Gasteiger partial charge is 0.307 e. The smallest absolute Gasteiger partial charge is 0.264 e. The van der Waals surface area contributed by atoms with Gasteiger partial charge in [0.05, 0.1) is 11.0 Å². The molecule has 0 N–H and O–H groups in total. The second-order valence-electron chi connectivity index (χ2n) is 3.56. The first-order valence-corrected chi connectivity index (χ1v) is 6.89. The zero-order valence-corrected chi connectivity index (χ0v) is 11.7. The maximum atomic E-state index is 11.8. The molecule has 9 heteroatoms. The van der Waals surface area contributed by atoms with Crippen LogP contribution in [0.15, 0.2) is 17.0 Å². The van der Waals surface area contributed by atoms with Crippen LogP contribution in [0, 0.1) is 10.1 Å². The highest BCUT2D eigenvalue weighted by atomic mass is 35.5. The highest BCUT2D eigenvalue weighted by Gasteiger charge is 2.28. The van der Waals surface area contributed by atoms with Gasteiger partial charge in [-0.05, 0) is 26.0 Å². The first kappa shape index (κ1) is 15.2. The number of rotatable bonds is 4. The van der Waals surface area contributed by atoms with Gasteiger partial charge in [-0.2, -0.15) is 8.42 Å². The van der Waals surface area contributed by atoms with Crippen molar-refractivity contribution in [2.45, 2.75) is 24.8 Å². The van der Waals surface area contributed by atoms with Gasteiger partial charge in [-0.15, -0.1) is 0 Å². The Labute approximate surface area is 114 Å². The van der Waals surface area contributed by atoms with Gasteiger partial charge in [0.25, 0.3) is 10.1 Å². The summed E-state index contributed by atoms with van der Waals surface area (Å²) in [6.45, 7) is 3.02. The van der Waals surface area contributed by atoms with Gasteiger partial charge in [0.1, 0.15) is 14.9 Å². The van der Waals surface area contributed by atoms with Crippen LogP contribution >= 0.6 is 23.2 Å². The number of nitrogens with zero attached hydrogens (tertiary/aromatic N) is 1. The average molecular weight is 314 g/mol. The topological polar surface area (TPSA) is 86.5 Å². The molecule has 0 saturated carbocycles. The average Bonchev–Trinajstić information content (AvgIpc) is 2.13. The molecule has 0 bridgehead atoms. The van der Waals surface area contributed by atoms with E-state index in [-0.39, 0.29) is 5.02 Å². The Hall–Kier alpha value is -0.890. The summed E-state index contributed by atoms with van der Waals surface area (Å²) in [4.78, 5) is 9.42. The van der Waals surface area contributed by atoms with E-state index in [4.69, 9.17) is 27.4 Å². The number of nitro groups is 1. The van der Waals surface area contributed by atoms with E-state index in [0.717, 1.165) is 12.1 Å². The highest BCUT2D eigenvalue weighted by molar-refractivity contribution is 7.87. The number of hydrogen-bond donors (Lipinski definition) is 0. The molecule has 0 spiro atoms. The standard InChI is InChI=1S/C9H9Cl2NO5S/c1-5(2)17-18(15,16)7-4-3-6(10)9(8(7)11)12(13)14/h3-5H,1-2H3. The maximum Gasteiger partial charge on any atom is 0.307 e. The van der Waals surface area contributed by atoms with Gasteiger partial charge in [0.15, 0.2) is 0 Å². The maximum absolute atomic E-state index is 11.8. The van der Waals surface area contributed by atoms with Crippen molar-refractivity contribution in [1.82, 2.24) is 0 Å². The van der Waals surface area contributed by atoms with E-state index in [2.05, 4.69) is 0 Å². The van der Waals surface area contributed by atoms with Crippen LogP contribution in [-0.2, 0) is 14.3 Å². The number of halogens is 2. The lowest BCUT2D eigenvalue weighted by molar-refractivity contribution is -0.384. The molecule has 18 heavy (non-hydrogen) atoms. The van der Waals surface area contributed by atoms with Gasteiger partial charge in [-0.3, -0.25) is 14.3 Å². The van der Waals surface area contributed by atoms with Crippen molar-refractivity contribution in [1.29, 1.82) is 0 Å². The zero-order valence-electron chi connectivity index (χ0n) is 9.38. The van der Waals surface area contributed by atoms with Crippen LogP contribution in [-0.4, -0.2) is 19.4 Å². The number of nitro benzene ring substituents is 1. The minimum absolute atomic E-state index is 0.242. The lowest BCUT2D eigenvalue weighted by Gasteiger charge is -2.10. The minimum atomic E-state index is -4.16. The quantitative estimate of drug-likeness (QED) is 0.484. The van der Waals surface area contributed by atoms with Crippen LogP contribution in [0.3, 0.4) is 0 Å². The molecule has 0 fully saturated rings. The predicted molar refractivity (Wildman–Crippen MR) is 66.5 cm³/mol. The van der Waals surface area contributed by atoms with Gasteiger partial charge in [-0.1, -0.05) is 23.2 Å². The van der Waals surface area contributed by atoms with Crippen molar-refractivity contribution in [3.05, 3.63) is 32.3 Å². The van der Waals surface area contributed by atoms with Crippen LogP contribution in [0.5, 0.6) is 0 Å². The molecular formula is C9H9Cl2NO5S. The Kier molecular flexibility index (Phi) is 4.55. The van der Waals surface area contributed by atoms with Gasteiger partial charge in [0.2, 0.25) is 0 Å². The summed E-state index contributed by atoms with van der Waals surface area (Å²) in [5.74, 6) is 0. The van der Waals surface area contributed by atoms with Crippen LogP contribution in [0.4, 0.5) is 5.69 Å². The van der Waals surface area contributed by atoms with Gasteiger partial charge < -0.3 is 0 Å². The summed E-state index contributed by atoms with van der Waals surface area (Å²) < 4.78 is 28.3. The third-order valence-corrected chi connectivity index (χ3v) is 4.12. The minimum Gasteiger partial charge on any atom is -0.264 e. The molecule has 6 nitrogen and oxygen atoms in total. The summed E-state index contributed by atoms with van der Waals surface area (Å²) in [7, 11) is -4.16. The van der Waals surface area contributed by atoms with Crippen molar-refractivity contribution in [2.24, 2.45) is 0 Å². The second-order valence-corrected chi connectivity index (χ2v) is 5.89. The van der Waals surface area contributed by atoms with E-state index >= 15 is 0 Å². The molecule has 0 radical (unpaired) electrons. The lowest BCUT2D eigenvalue weighted by Crippen LogP contribution is -2.13. The first-order chi connectivity index (χ1) is 8.16. The van der Waals surface area contributed by atoms with Crippen LogP contribution in [0.2, 0.25) is 10.0 Å². The SMILES string of the molecule is CC(C)OS(=O)(=O)c1ccc(Cl)c([N+](=O)[O-])c1Cl. The Morgan fingerprint density at radius 2 is 1.89 bits per heavy atom. The van der Waals surface area contributed by atoms with Crippen LogP contribution in [0.1, 0.15) is 13.8 Å². The molecule has 0 aliphatic rings. The highest BCUT2D eigenvalue weighted by Crippen LogP contribution is 2.37. The van der Waals surface area contributed by atoms with Crippen molar-refractivity contribution in [3.63, 3.8) is 0 Å². The van der Waals surface area contributed by atoms with Gasteiger partial charge >= 0.3 is 5.69 Å². The number of hydrogen-bond acceptors (Lipinski definition) is 5. The fraction of sp³-hybridized carbons (Fsp3) is 0.333. The van der Waals surface area contributed by atoms with Crippen LogP contribution in [0.25, 0.3) is 0 Å². The summed E-state index contributed by atoms with van der Waals surface area (Å²) >= 11 is 11.3. The summed E-state index contributed by atoms with van der Waals surface area (Å²) in [6.07, 6.45) is -0.610. The molecule has 0 aliphatic carbocycles. The second kappa shape index (κ2) is 5.40. The van der Waals surface area contributed by atoms with E-state index < -0.39 is 36.8 Å². The third kappa shape index (κ3) is 3.11. The summed E-state index contributed by atoms with van der Waals surface area (Å²) in [5, 5.41) is 9.94. The molecule has 0 aromatic heterocycles. The van der Waals surface area contributed by atoms with Crippen molar-refractivity contribution in [3.8, 4) is 0 Å². The summed E-state index contributed by atoms with van der Waals surface area (Å²) in [6, 6.07) is 2.15. The Balaban J connectivity index is 3.45. The Morgan fingerprint density at radius 1 is 1.33 bits per heavy atom. The molecule has 0 unspecified atom stereocenters. The van der Waals surface area contributed by atoms with E-state index in [9.17, 15) is 18.5 Å². The molecular weight excluding hydrogens is 305 g/mol. The fourth-order valence-electron chi connectivity index (χ4n) is 1.19. The molecule has 100 valence electrons. The van der Waals surface area contributed by atoms with Crippen LogP contribution < -0.4 is 0 Å². The molecule has 0 amide bonds. The Morgan fingerprint density at radius 3 is 2.33 bits per heavy atom. The zero-order chi connectivity index (χ0) is 14.1. The van der Waals surface area contributed by atoms with E-state index in [0.29, 0.717) is 0 Å². The predicted octanol–water partition coefficient (Wildman–Crippen LogP) is 3.02. The Bertz CT molecular complexity index is 585. The van der Waals surface area contributed by atoms with Crippen molar-refractivity contribution in [2.75, 3.05) is 0 Å². The first-order valence-electron chi connectivity index (χ1n) is 4.72. The molecule has 1 aromatic carbocycles. The van der Waals surface area contributed by atoms with E-state index in [1.165, 1.54) is 13.8 Å². The molecule has 0 heterocycles. The third-order valence-electron chi connectivity index (χ3n) is 1.80. The monoisotopic (exact) mass is 313 g/mol. The van der Waals surface area contributed by atoms with E-state index in [1.807, 2.05) is 0 Å². The molecule has 0 saturated heterocycles. The molecule has 1 rings (SSSR count). The lowest BCUT2D eigenvalue weighted by atomic mass is 10.3. The normalized spacial score (nSPS) is 11.8. The summed E-state index contributed by atoms with van der Waals surface area (Å²) in [5.41, 5.74) is -0.660. The van der Waals surface area contributed by atoms with Crippen molar-refractivity contribution >= 4 is 39.0 Å². The molecule has 0 aliphatic heterocycles. The molecule has 1 aromatic rings. The fourth-order valence-corrected chi connectivity index (χ4v) is 3.14. The molecule has 0 atom stereocenters. The number of benzene rings is 1. The van der Waals surface area contributed by atoms with Crippen molar-refractivity contribution < 1.29 is 17.5 Å². The van der Waals surface area contributed by atoms with E-state index in [1.54, 1.807) is 0 Å². The van der Waals surface area contributed by atoms with Gasteiger partial charge in [0, 0.05) is 0 Å². The van der Waals surface area contributed by atoms with Gasteiger partial charge in [-0.25, -0.2) is 0 Å².